The van der Waals surface area contributed by atoms with Crippen molar-refractivity contribution in [1.82, 2.24) is 0 Å². The minimum absolute atomic E-state index is 0.0230. The van der Waals surface area contributed by atoms with Crippen molar-refractivity contribution in [3.63, 3.8) is 0 Å². The highest BCUT2D eigenvalue weighted by Crippen LogP contribution is 2.17. The van der Waals surface area contributed by atoms with Gasteiger partial charge in [-0.2, -0.15) is 0 Å². The van der Waals surface area contributed by atoms with Crippen LogP contribution in [0.1, 0.15) is 45.4 Å². The second kappa shape index (κ2) is 38.2. The number of hydrogen-bond acceptors (Lipinski definition) is 15. The van der Waals surface area contributed by atoms with Gasteiger partial charge in [0, 0.05) is 18.6 Å². The van der Waals surface area contributed by atoms with E-state index in [1.54, 1.807) is 12.1 Å². The molecule has 0 heterocycles. The molecule has 0 aromatic heterocycles. The zero-order chi connectivity index (χ0) is 37.4. The standard InChI is InChI=1S/C36H63NO15/c1-2-3-4-5-6-7-36(38)52-33-31-50-29-27-48-25-23-46-21-19-44-17-15-42-13-12-41-14-16-43-18-20-45-22-24-47-26-28-49-30-32-51-35-10-8-34(9-11-35)37(39)40/h8-11H,2-7,12-33H2,1H3. The molecule has 1 rings (SSSR count). The third-order valence-corrected chi connectivity index (χ3v) is 6.87. The number of unbranched alkanes of at least 4 members (excludes halogenated alkanes) is 4. The molecule has 302 valence electrons. The third-order valence-electron chi connectivity index (χ3n) is 6.87. The molecule has 0 radical (unpaired) electrons. The van der Waals surface area contributed by atoms with Crippen LogP contribution in [-0.4, -0.2) is 156 Å². The van der Waals surface area contributed by atoms with Crippen LogP contribution in [0.15, 0.2) is 24.3 Å². The zero-order valence-electron chi connectivity index (χ0n) is 31.2. The van der Waals surface area contributed by atoms with E-state index in [0.29, 0.717) is 151 Å². The Bertz CT molecular complexity index is 926. The second-order valence-corrected chi connectivity index (χ2v) is 11.1. The fourth-order valence-electron chi connectivity index (χ4n) is 4.12. The second-order valence-electron chi connectivity index (χ2n) is 11.1. The molecule has 1 aromatic carbocycles. The van der Waals surface area contributed by atoms with Crippen LogP contribution in [0.2, 0.25) is 0 Å². The van der Waals surface area contributed by atoms with E-state index in [0.717, 1.165) is 12.8 Å². The Morgan fingerprint density at radius 2 is 0.808 bits per heavy atom. The summed E-state index contributed by atoms with van der Waals surface area (Å²) in [5.41, 5.74) is 0.0230. The van der Waals surface area contributed by atoms with Crippen molar-refractivity contribution in [3.8, 4) is 5.75 Å². The van der Waals surface area contributed by atoms with Crippen LogP contribution in [0.4, 0.5) is 5.69 Å². The highest BCUT2D eigenvalue weighted by molar-refractivity contribution is 5.69. The monoisotopic (exact) mass is 749 g/mol. The lowest BCUT2D eigenvalue weighted by atomic mass is 10.1. The van der Waals surface area contributed by atoms with Crippen molar-refractivity contribution in [1.29, 1.82) is 0 Å². The molecular weight excluding hydrogens is 686 g/mol. The molecular formula is C36H63NO15. The van der Waals surface area contributed by atoms with Crippen LogP contribution in [0.3, 0.4) is 0 Å². The lowest BCUT2D eigenvalue weighted by Gasteiger charge is -2.09. The van der Waals surface area contributed by atoms with Crippen LogP contribution < -0.4 is 4.74 Å². The molecule has 0 bridgehead atoms. The summed E-state index contributed by atoms with van der Waals surface area (Å²) in [5.74, 6) is 0.399. The predicted octanol–water partition coefficient (Wildman–Crippen LogP) is 4.04. The van der Waals surface area contributed by atoms with E-state index < -0.39 is 4.92 Å². The molecule has 0 amide bonds. The molecule has 0 spiro atoms. The van der Waals surface area contributed by atoms with Crippen molar-refractivity contribution in [2.24, 2.45) is 0 Å². The quantitative estimate of drug-likeness (QED) is 0.0406. The van der Waals surface area contributed by atoms with E-state index in [-0.39, 0.29) is 18.3 Å². The number of nitro benzene ring substituents is 1. The van der Waals surface area contributed by atoms with E-state index in [4.69, 9.17) is 56.8 Å². The maximum Gasteiger partial charge on any atom is 0.305 e. The Morgan fingerprint density at radius 3 is 1.15 bits per heavy atom. The van der Waals surface area contributed by atoms with Crippen molar-refractivity contribution in [2.75, 3.05) is 145 Å². The third kappa shape index (κ3) is 33.3. The van der Waals surface area contributed by atoms with Crippen LogP contribution in [-0.2, 0) is 56.9 Å². The first-order valence-corrected chi connectivity index (χ1v) is 18.4. The number of rotatable bonds is 41. The van der Waals surface area contributed by atoms with E-state index in [9.17, 15) is 14.9 Å². The SMILES string of the molecule is CCCCCCCC(=O)OCCOCCOCCOCCOCCOCCOCCOCCOCCOCCOCCOc1ccc([N+](=O)[O-])cc1. The molecule has 16 nitrogen and oxygen atoms in total. The molecule has 52 heavy (non-hydrogen) atoms. The summed E-state index contributed by atoms with van der Waals surface area (Å²) in [5, 5.41) is 10.6. The van der Waals surface area contributed by atoms with E-state index in [1.807, 2.05) is 0 Å². The van der Waals surface area contributed by atoms with Gasteiger partial charge in [0.1, 0.15) is 19.0 Å². The van der Waals surface area contributed by atoms with Crippen molar-refractivity contribution < 1.29 is 66.6 Å². The Labute approximate surface area is 309 Å². The molecule has 0 aliphatic carbocycles. The number of hydrogen-bond donors (Lipinski definition) is 0. The summed E-state index contributed by atoms with van der Waals surface area (Å²) < 4.78 is 65.2. The van der Waals surface area contributed by atoms with Gasteiger partial charge in [-0.15, -0.1) is 0 Å². The fourth-order valence-corrected chi connectivity index (χ4v) is 4.12. The van der Waals surface area contributed by atoms with Gasteiger partial charge in [0.05, 0.1) is 137 Å². The molecule has 0 N–H and O–H groups in total. The highest BCUT2D eigenvalue weighted by Gasteiger charge is 2.05. The average Bonchev–Trinajstić information content (AvgIpc) is 3.15. The largest absolute Gasteiger partial charge is 0.491 e. The van der Waals surface area contributed by atoms with Crippen LogP contribution in [0.25, 0.3) is 0 Å². The number of nitro groups is 1. The minimum Gasteiger partial charge on any atom is -0.491 e. The van der Waals surface area contributed by atoms with Gasteiger partial charge in [0.15, 0.2) is 0 Å². The number of esters is 1. The molecule has 0 saturated carbocycles. The van der Waals surface area contributed by atoms with E-state index in [2.05, 4.69) is 6.92 Å². The Hall–Kier alpha value is -2.51. The molecule has 16 heteroatoms. The van der Waals surface area contributed by atoms with Gasteiger partial charge in [-0.1, -0.05) is 32.6 Å². The Balaban J connectivity index is 1.65. The molecule has 0 aliphatic heterocycles. The lowest BCUT2D eigenvalue weighted by Crippen LogP contribution is -2.15. The van der Waals surface area contributed by atoms with Crippen molar-refractivity contribution in [2.45, 2.75) is 45.4 Å². The number of benzene rings is 1. The number of carbonyl (C=O) groups excluding carboxylic acids is 1. The normalized spacial score (nSPS) is 11.2. The first-order chi connectivity index (χ1) is 25.6. The average molecular weight is 750 g/mol. The smallest absolute Gasteiger partial charge is 0.305 e. The van der Waals surface area contributed by atoms with Gasteiger partial charge in [-0.05, 0) is 18.6 Å². The first-order valence-electron chi connectivity index (χ1n) is 18.4. The number of nitrogens with zero attached hydrogens (tertiary/aromatic N) is 1. The lowest BCUT2D eigenvalue weighted by molar-refractivity contribution is -0.384. The van der Waals surface area contributed by atoms with Crippen LogP contribution >= 0.6 is 0 Å². The van der Waals surface area contributed by atoms with Crippen molar-refractivity contribution >= 4 is 11.7 Å². The van der Waals surface area contributed by atoms with Crippen LogP contribution in [0.5, 0.6) is 5.75 Å². The topological polar surface area (TPSA) is 171 Å². The van der Waals surface area contributed by atoms with Crippen molar-refractivity contribution in [3.05, 3.63) is 34.4 Å². The zero-order valence-corrected chi connectivity index (χ0v) is 31.2. The number of carbonyl (C=O) groups is 1. The summed E-state index contributed by atoms with van der Waals surface area (Å²) in [6.45, 7) is 12.0. The number of ether oxygens (including phenoxy) is 12. The molecule has 1 aromatic rings. The van der Waals surface area contributed by atoms with Gasteiger partial charge >= 0.3 is 5.97 Å². The maximum absolute atomic E-state index is 11.6. The molecule has 0 unspecified atom stereocenters. The van der Waals surface area contributed by atoms with Gasteiger partial charge in [0.2, 0.25) is 0 Å². The summed E-state index contributed by atoms with van der Waals surface area (Å²) in [6.07, 6.45) is 6.04. The van der Waals surface area contributed by atoms with Gasteiger partial charge in [-0.25, -0.2) is 0 Å². The molecule has 0 saturated heterocycles. The first kappa shape index (κ1) is 47.5. The van der Waals surface area contributed by atoms with Gasteiger partial charge in [-0.3, -0.25) is 14.9 Å². The van der Waals surface area contributed by atoms with Gasteiger partial charge < -0.3 is 56.8 Å². The molecule has 0 aliphatic rings. The highest BCUT2D eigenvalue weighted by atomic mass is 16.6. The van der Waals surface area contributed by atoms with E-state index in [1.165, 1.54) is 31.4 Å². The Kier molecular flexibility index (Phi) is 34.9. The number of non-ortho nitro benzene ring substituents is 1. The minimum atomic E-state index is -0.453. The van der Waals surface area contributed by atoms with Gasteiger partial charge in [0.25, 0.3) is 5.69 Å². The Morgan fingerprint density at radius 1 is 0.481 bits per heavy atom. The summed E-state index contributed by atoms with van der Waals surface area (Å²) >= 11 is 0. The maximum atomic E-state index is 11.6. The fraction of sp³-hybridized carbons (Fsp3) is 0.806. The predicted molar refractivity (Wildman–Crippen MR) is 191 cm³/mol. The van der Waals surface area contributed by atoms with Crippen LogP contribution in [0, 0.1) is 10.1 Å². The molecule has 0 fully saturated rings. The summed E-state index contributed by atoms with van der Waals surface area (Å²) in [6, 6.07) is 5.90. The summed E-state index contributed by atoms with van der Waals surface area (Å²) in [7, 11) is 0. The van der Waals surface area contributed by atoms with E-state index >= 15 is 0 Å². The summed E-state index contributed by atoms with van der Waals surface area (Å²) in [4.78, 5) is 21.8. The molecule has 0 atom stereocenters.